The van der Waals surface area contributed by atoms with E-state index < -0.39 is 0 Å². The molecule has 2 aliphatic carbocycles. The van der Waals surface area contributed by atoms with Gasteiger partial charge in [0.25, 0.3) is 5.91 Å². The van der Waals surface area contributed by atoms with Gasteiger partial charge in [0.15, 0.2) is 0 Å². The van der Waals surface area contributed by atoms with Crippen LogP contribution in [-0.4, -0.2) is 12.5 Å². The highest BCUT2D eigenvalue weighted by molar-refractivity contribution is 9.10. The van der Waals surface area contributed by atoms with E-state index in [2.05, 4.69) is 21.2 Å². The molecule has 0 saturated heterocycles. The largest absolute Gasteiger partial charge is 0.352 e. The number of aryl methyl sites for hydroxylation is 1. The van der Waals surface area contributed by atoms with Crippen molar-refractivity contribution in [2.75, 3.05) is 6.54 Å². The number of rotatable bonds is 3. The number of nitrogens with one attached hydrogen (secondary N) is 1. The lowest BCUT2D eigenvalue weighted by molar-refractivity contribution is 0.0941. The van der Waals surface area contributed by atoms with Crippen molar-refractivity contribution in [3.8, 4) is 0 Å². The maximum absolute atomic E-state index is 12.2. The van der Waals surface area contributed by atoms with Crippen molar-refractivity contribution in [3.63, 3.8) is 0 Å². The predicted octanol–water partition coefficient (Wildman–Crippen LogP) is 3.92. The molecule has 1 aromatic rings. The monoisotopic (exact) mass is 321 g/mol. The molecule has 2 fully saturated rings. The summed E-state index contributed by atoms with van der Waals surface area (Å²) in [4.78, 5) is 12.2. The maximum atomic E-state index is 12.2. The van der Waals surface area contributed by atoms with E-state index >= 15 is 0 Å². The third-order valence-corrected chi connectivity index (χ3v) is 5.43. The SMILES string of the molecule is Cc1ccc(C(=O)NCC2CC3CCC2C3)c(Br)c1. The topological polar surface area (TPSA) is 29.1 Å². The standard InChI is InChI=1S/C16H20BrNO/c1-10-2-5-14(15(17)6-10)16(19)18-9-13-8-11-3-4-12(13)7-11/h2,5-6,11-13H,3-4,7-9H2,1H3,(H,18,19). The lowest BCUT2D eigenvalue weighted by Gasteiger charge is -2.22. The fourth-order valence-electron chi connectivity index (χ4n) is 3.75. The van der Waals surface area contributed by atoms with Crippen LogP contribution < -0.4 is 5.32 Å². The van der Waals surface area contributed by atoms with Crippen LogP contribution in [0.3, 0.4) is 0 Å². The Morgan fingerprint density at radius 3 is 2.84 bits per heavy atom. The number of fused-ring (bicyclic) bond motifs is 2. The first-order chi connectivity index (χ1) is 9.13. The van der Waals surface area contributed by atoms with Gasteiger partial charge in [-0.15, -0.1) is 0 Å². The maximum Gasteiger partial charge on any atom is 0.252 e. The second kappa shape index (κ2) is 5.28. The molecule has 2 nitrogen and oxygen atoms in total. The minimum atomic E-state index is 0.0506. The van der Waals surface area contributed by atoms with Gasteiger partial charge in [0.05, 0.1) is 5.56 Å². The summed E-state index contributed by atoms with van der Waals surface area (Å²) in [7, 11) is 0. The minimum absolute atomic E-state index is 0.0506. The number of amides is 1. The molecule has 0 radical (unpaired) electrons. The Hall–Kier alpha value is -0.830. The van der Waals surface area contributed by atoms with E-state index in [1.54, 1.807) is 0 Å². The first kappa shape index (κ1) is 13.2. The van der Waals surface area contributed by atoms with Crippen LogP contribution >= 0.6 is 15.9 Å². The fraction of sp³-hybridized carbons (Fsp3) is 0.562. The van der Waals surface area contributed by atoms with Gasteiger partial charge < -0.3 is 5.32 Å². The molecule has 2 saturated carbocycles. The third-order valence-electron chi connectivity index (χ3n) is 4.78. The van der Waals surface area contributed by atoms with Crippen molar-refractivity contribution in [1.29, 1.82) is 0 Å². The first-order valence-electron chi connectivity index (χ1n) is 7.18. The number of hydrogen-bond donors (Lipinski definition) is 1. The Bertz CT molecular complexity index is 500. The Balaban J connectivity index is 1.59. The lowest BCUT2D eigenvalue weighted by atomic mass is 9.89. The van der Waals surface area contributed by atoms with Gasteiger partial charge in [-0.2, -0.15) is 0 Å². The molecule has 2 bridgehead atoms. The van der Waals surface area contributed by atoms with Crippen LogP contribution in [0.25, 0.3) is 0 Å². The number of benzene rings is 1. The zero-order valence-electron chi connectivity index (χ0n) is 11.3. The number of carbonyl (C=O) groups excluding carboxylic acids is 1. The average Bonchev–Trinajstić information content (AvgIpc) is 2.98. The van der Waals surface area contributed by atoms with Gasteiger partial charge in [-0.05, 0) is 77.6 Å². The van der Waals surface area contributed by atoms with Crippen molar-refractivity contribution in [2.24, 2.45) is 17.8 Å². The molecule has 19 heavy (non-hydrogen) atoms. The van der Waals surface area contributed by atoms with Crippen LogP contribution in [0.4, 0.5) is 0 Å². The summed E-state index contributed by atoms with van der Waals surface area (Å²) < 4.78 is 0.887. The van der Waals surface area contributed by atoms with Crippen molar-refractivity contribution in [2.45, 2.75) is 32.6 Å². The third kappa shape index (κ3) is 2.71. The van der Waals surface area contributed by atoms with Gasteiger partial charge in [0, 0.05) is 11.0 Å². The number of carbonyl (C=O) groups is 1. The molecule has 0 aliphatic heterocycles. The second-order valence-corrected chi connectivity index (χ2v) is 6.98. The van der Waals surface area contributed by atoms with E-state index in [1.807, 2.05) is 25.1 Å². The van der Waals surface area contributed by atoms with Gasteiger partial charge in [-0.25, -0.2) is 0 Å². The molecule has 102 valence electrons. The van der Waals surface area contributed by atoms with Gasteiger partial charge in [-0.3, -0.25) is 4.79 Å². The zero-order valence-corrected chi connectivity index (χ0v) is 12.9. The normalized spacial score (nSPS) is 28.6. The van der Waals surface area contributed by atoms with E-state index in [1.165, 1.54) is 25.7 Å². The summed E-state index contributed by atoms with van der Waals surface area (Å²) in [6.45, 7) is 2.88. The Kier molecular flexibility index (Phi) is 3.66. The van der Waals surface area contributed by atoms with Crippen molar-refractivity contribution < 1.29 is 4.79 Å². The predicted molar refractivity (Wildman–Crippen MR) is 80.2 cm³/mol. The van der Waals surface area contributed by atoms with E-state index in [-0.39, 0.29) is 5.91 Å². The highest BCUT2D eigenvalue weighted by atomic mass is 79.9. The van der Waals surface area contributed by atoms with Gasteiger partial charge in [0.1, 0.15) is 0 Å². The Morgan fingerprint density at radius 2 is 2.21 bits per heavy atom. The molecule has 1 N–H and O–H groups in total. The van der Waals surface area contributed by atoms with Crippen LogP contribution in [-0.2, 0) is 0 Å². The average molecular weight is 322 g/mol. The highest BCUT2D eigenvalue weighted by Crippen LogP contribution is 2.47. The molecule has 1 amide bonds. The summed E-state index contributed by atoms with van der Waals surface area (Å²) in [6, 6.07) is 5.87. The smallest absolute Gasteiger partial charge is 0.252 e. The quantitative estimate of drug-likeness (QED) is 0.898. The molecule has 1 aromatic carbocycles. The van der Waals surface area contributed by atoms with Crippen molar-refractivity contribution in [1.82, 2.24) is 5.32 Å². The molecule has 3 rings (SSSR count). The molecule has 3 unspecified atom stereocenters. The molecular formula is C16H20BrNO. The Morgan fingerprint density at radius 1 is 1.37 bits per heavy atom. The van der Waals surface area contributed by atoms with Crippen LogP contribution in [0, 0.1) is 24.7 Å². The van der Waals surface area contributed by atoms with E-state index in [9.17, 15) is 4.79 Å². The van der Waals surface area contributed by atoms with Crippen LogP contribution in [0.5, 0.6) is 0 Å². The molecule has 0 aromatic heterocycles. The number of hydrogen-bond acceptors (Lipinski definition) is 1. The summed E-state index contributed by atoms with van der Waals surface area (Å²) in [5.74, 6) is 2.58. The first-order valence-corrected chi connectivity index (χ1v) is 7.97. The molecule has 0 spiro atoms. The van der Waals surface area contributed by atoms with E-state index in [4.69, 9.17) is 0 Å². The van der Waals surface area contributed by atoms with Gasteiger partial charge in [0.2, 0.25) is 0 Å². The molecule has 2 aliphatic rings. The molecular weight excluding hydrogens is 302 g/mol. The lowest BCUT2D eigenvalue weighted by Crippen LogP contribution is -2.31. The van der Waals surface area contributed by atoms with Crippen LogP contribution in [0.1, 0.15) is 41.6 Å². The van der Waals surface area contributed by atoms with Gasteiger partial charge >= 0.3 is 0 Å². The van der Waals surface area contributed by atoms with E-state index in [0.29, 0.717) is 5.92 Å². The van der Waals surface area contributed by atoms with Crippen LogP contribution in [0.15, 0.2) is 22.7 Å². The second-order valence-electron chi connectivity index (χ2n) is 6.13. The minimum Gasteiger partial charge on any atom is -0.352 e. The zero-order chi connectivity index (χ0) is 13.4. The molecule has 3 heteroatoms. The summed E-state index contributed by atoms with van der Waals surface area (Å²) in [6.07, 6.45) is 5.51. The van der Waals surface area contributed by atoms with Crippen LogP contribution in [0.2, 0.25) is 0 Å². The van der Waals surface area contributed by atoms with E-state index in [0.717, 1.165) is 34.0 Å². The summed E-state index contributed by atoms with van der Waals surface area (Å²) >= 11 is 3.47. The summed E-state index contributed by atoms with van der Waals surface area (Å²) in [5, 5.41) is 3.12. The van der Waals surface area contributed by atoms with Crippen molar-refractivity contribution >= 4 is 21.8 Å². The molecule has 3 atom stereocenters. The van der Waals surface area contributed by atoms with Crippen molar-refractivity contribution in [3.05, 3.63) is 33.8 Å². The Labute approximate surface area is 123 Å². The number of halogens is 1. The van der Waals surface area contributed by atoms with Gasteiger partial charge in [-0.1, -0.05) is 12.5 Å². The summed E-state index contributed by atoms with van der Waals surface area (Å²) in [5.41, 5.74) is 1.91. The fourth-order valence-corrected chi connectivity index (χ4v) is 4.42. The highest BCUT2D eigenvalue weighted by Gasteiger charge is 2.39. The molecule has 0 heterocycles.